The SMILES string of the molecule is CCOc1ccc(-c2nn(-c3ccccc3)cc2/C=C2/C(=O)N(CCOCCOC(C)=O)C(=O)C(C#N)=C2C)cc1[N+](=O)[O-]. The molecule has 3 aromatic rings. The summed E-state index contributed by atoms with van der Waals surface area (Å²) in [7, 11) is 0. The van der Waals surface area contributed by atoms with Crippen LogP contribution in [0.2, 0.25) is 0 Å². The molecule has 0 bridgehead atoms. The van der Waals surface area contributed by atoms with Crippen LogP contribution < -0.4 is 4.74 Å². The maximum Gasteiger partial charge on any atom is 0.311 e. The van der Waals surface area contributed by atoms with Crippen LogP contribution in [0.1, 0.15) is 26.3 Å². The Bertz CT molecular complexity index is 1700. The fraction of sp³-hybridized carbons (Fsp3) is 0.258. The molecule has 2 aromatic carbocycles. The zero-order valence-corrected chi connectivity index (χ0v) is 24.3. The predicted molar refractivity (Wildman–Crippen MR) is 157 cm³/mol. The molecule has 44 heavy (non-hydrogen) atoms. The minimum Gasteiger partial charge on any atom is -0.487 e. The van der Waals surface area contributed by atoms with Crippen molar-refractivity contribution in [3.05, 3.63) is 87.1 Å². The van der Waals surface area contributed by atoms with Crippen LogP contribution in [-0.4, -0.2) is 70.4 Å². The van der Waals surface area contributed by atoms with Crippen molar-refractivity contribution in [3.63, 3.8) is 0 Å². The van der Waals surface area contributed by atoms with Gasteiger partial charge in [-0.2, -0.15) is 10.4 Å². The molecule has 13 heteroatoms. The van der Waals surface area contributed by atoms with E-state index >= 15 is 0 Å². The molecule has 0 unspecified atom stereocenters. The molecule has 0 atom stereocenters. The maximum absolute atomic E-state index is 13.6. The van der Waals surface area contributed by atoms with E-state index in [0.29, 0.717) is 22.5 Å². The molecule has 1 aliphatic heterocycles. The molecule has 0 fully saturated rings. The van der Waals surface area contributed by atoms with Crippen molar-refractivity contribution in [1.29, 1.82) is 5.26 Å². The summed E-state index contributed by atoms with van der Waals surface area (Å²) < 4.78 is 17.2. The lowest BCUT2D eigenvalue weighted by Gasteiger charge is -2.27. The molecule has 0 saturated carbocycles. The summed E-state index contributed by atoms with van der Waals surface area (Å²) in [6, 6.07) is 15.5. The second kappa shape index (κ2) is 14.0. The summed E-state index contributed by atoms with van der Waals surface area (Å²) in [4.78, 5) is 49.8. The highest BCUT2D eigenvalue weighted by Gasteiger charge is 2.35. The van der Waals surface area contributed by atoms with Gasteiger partial charge >= 0.3 is 11.7 Å². The van der Waals surface area contributed by atoms with Crippen LogP contribution in [0.15, 0.2) is 71.4 Å². The highest BCUT2D eigenvalue weighted by Crippen LogP contribution is 2.35. The van der Waals surface area contributed by atoms with E-state index in [1.54, 1.807) is 23.9 Å². The second-order valence-electron chi connectivity index (χ2n) is 9.47. The number of nitro benzene ring substituents is 1. The van der Waals surface area contributed by atoms with Crippen LogP contribution in [0.3, 0.4) is 0 Å². The summed E-state index contributed by atoms with van der Waals surface area (Å²) in [6.45, 7) is 4.63. The van der Waals surface area contributed by atoms with Crippen molar-refractivity contribution in [2.24, 2.45) is 0 Å². The average Bonchev–Trinajstić information content (AvgIpc) is 3.43. The Morgan fingerprint density at radius 2 is 1.86 bits per heavy atom. The standard InChI is InChI=1S/C31H29N5O8/c1-4-43-28-11-10-22(17-27(28)36(40)41)29-23(19-35(33-29)24-8-6-5-7-9-24)16-25-20(2)26(18-32)31(39)34(30(25)38)12-13-42-14-15-44-21(3)37/h5-11,16-17,19H,4,12-15H2,1-3H3/b25-16+. The summed E-state index contributed by atoms with van der Waals surface area (Å²) >= 11 is 0. The van der Waals surface area contributed by atoms with Crippen molar-refractivity contribution in [3.8, 4) is 28.8 Å². The lowest BCUT2D eigenvalue weighted by Crippen LogP contribution is -2.44. The molecule has 226 valence electrons. The largest absolute Gasteiger partial charge is 0.487 e. The Morgan fingerprint density at radius 3 is 2.52 bits per heavy atom. The molecule has 1 aromatic heterocycles. The molecule has 0 N–H and O–H groups in total. The fourth-order valence-electron chi connectivity index (χ4n) is 4.51. The van der Waals surface area contributed by atoms with Crippen molar-refractivity contribution >= 4 is 29.5 Å². The van der Waals surface area contributed by atoms with Gasteiger partial charge in [0.2, 0.25) is 0 Å². The zero-order valence-electron chi connectivity index (χ0n) is 24.3. The lowest BCUT2D eigenvalue weighted by molar-refractivity contribution is -0.385. The minimum atomic E-state index is -0.752. The number of hydrogen-bond acceptors (Lipinski definition) is 10. The van der Waals surface area contributed by atoms with E-state index in [4.69, 9.17) is 14.2 Å². The lowest BCUT2D eigenvalue weighted by atomic mass is 9.93. The van der Waals surface area contributed by atoms with Gasteiger partial charge in [-0.15, -0.1) is 0 Å². The number of nitrogens with zero attached hydrogens (tertiary/aromatic N) is 5. The third kappa shape index (κ3) is 6.88. The first kappa shape index (κ1) is 31.3. The molecule has 0 radical (unpaired) electrons. The number of rotatable bonds is 12. The average molecular weight is 600 g/mol. The Morgan fingerprint density at radius 1 is 1.11 bits per heavy atom. The van der Waals surface area contributed by atoms with Gasteiger partial charge in [-0.25, -0.2) is 4.68 Å². The Labute approximate surface area is 252 Å². The Balaban J connectivity index is 1.78. The number of amides is 2. The zero-order chi connectivity index (χ0) is 31.8. The fourth-order valence-corrected chi connectivity index (χ4v) is 4.51. The van der Waals surface area contributed by atoms with Crippen LogP contribution in [0, 0.1) is 21.4 Å². The summed E-state index contributed by atoms with van der Waals surface area (Å²) in [5.41, 5.74) is 1.63. The summed E-state index contributed by atoms with van der Waals surface area (Å²) in [5, 5.41) is 26.3. The van der Waals surface area contributed by atoms with E-state index in [-0.39, 0.29) is 61.1 Å². The highest BCUT2D eigenvalue weighted by atomic mass is 16.6. The molecule has 2 heterocycles. The van der Waals surface area contributed by atoms with Gasteiger partial charge in [-0.1, -0.05) is 18.2 Å². The Hall–Kier alpha value is -5.61. The van der Waals surface area contributed by atoms with E-state index in [1.807, 2.05) is 36.4 Å². The number of nitriles is 1. The van der Waals surface area contributed by atoms with Crippen molar-refractivity contribution in [2.75, 3.05) is 33.0 Å². The molecule has 1 aliphatic rings. The molecule has 4 rings (SSSR count). The molecule has 13 nitrogen and oxygen atoms in total. The van der Waals surface area contributed by atoms with Crippen molar-refractivity contribution in [1.82, 2.24) is 14.7 Å². The van der Waals surface area contributed by atoms with E-state index in [0.717, 1.165) is 4.90 Å². The number of imide groups is 1. The van der Waals surface area contributed by atoms with Gasteiger partial charge in [0.05, 0.1) is 37.0 Å². The number of esters is 1. The van der Waals surface area contributed by atoms with Crippen molar-refractivity contribution < 1.29 is 33.5 Å². The van der Waals surface area contributed by atoms with Crippen LogP contribution >= 0.6 is 0 Å². The first-order chi connectivity index (χ1) is 21.2. The summed E-state index contributed by atoms with van der Waals surface area (Å²) in [5.74, 6) is -1.75. The van der Waals surface area contributed by atoms with E-state index < -0.39 is 22.7 Å². The van der Waals surface area contributed by atoms with E-state index in [9.17, 15) is 29.8 Å². The van der Waals surface area contributed by atoms with Gasteiger partial charge in [0.25, 0.3) is 11.8 Å². The third-order valence-corrected chi connectivity index (χ3v) is 6.61. The van der Waals surface area contributed by atoms with Crippen molar-refractivity contribution in [2.45, 2.75) is 20.8 Å². The molecular formula is C31H29N5O8. The quantitative estimate of drug-likeness (QED) is 0.0741. The molecular weight excluding hydrogens is 570 g/mol. The minimum absolute atomic E-state index is 0.0166. The second-order valence-corrected chi connectivity index (χ2v) is 9.47. The predicted octanol–water partition coefficient (Wildman–Crippen LogP) is 4.02. The van der Waals surface area contributed by atoms with Crippen LogP contribution in [0.5, 0.6) is 5.75 Å². The Kier molecular flexibility index (Phi) is 9.99. The number of nitro groups is 1. The van der Waals surface area contributed by atoms with E-state index in [2.05, 4.69) is 5.10 Å². The first-order valence-electron chi connectivity index (χ1n) is 13.6. The molecule has 0 spiro atoms. The number of para-hydroxylation sites is 1. The monoisotopic (exact) mass is 599 g/mol. The van der Waals surface area contributed by atoms with Crippen LogP contribution in [0.25, 0.3) is 23.0 Å². The number of carbonyl (C=O) groups is 3. The van der Waals surface area contributed by atoms with E-state index in [1.165, 1.54) is 32.1 Å². The first-order valence-corrected chi connectivity index (χ1v) is 13.6. The topological polar surface area (TPSA) is 167 Å². The normalized spacial score (nSPS) is 14.1. The molecule has 2 amide bonds. The van der Waals surface area contributed by atoms with Gasteiger partial charge < -0.3 is 14.2 Å². The number of aromatic nitrogens is 2. The summed E-state index contributed by atoms with van der Waals surface area (Å²) in [6.07, 6.45) is 3.17. The van der Waals surface area contributed by atoms with Gasteiger partial charge in [0, 0.05) is 35.9 Å². The molecule has 0 aliphatic carbocycles. The van der Waals surface area contributed by atoms with Gasteiger partial charge in [0.15, 0.2) is 5.75 Å². The maximum atomic E-state index is 13.6. The number of ether oxygens (including phenoxy) is 3. The third-order valence-electron chi connectivity index (χ3n) is 6.61. The highest BCUT2D eigenvalue weighted by molar-refractivity contribution is 6.19. The van der Waals surface area contributed by atoms with Crippen LogP contribution in [0.4, 0.5) is 5.69 Å². The smallest absolute Gasteiger partial charge is 0.311 e. The number of hydrogen-bond donors (Lipinski definition) is 0. The number of carbonyl (C=O) groups excluding carboxylic acids is 3. The van der Waals surface area contributed by atoms with Gasteiger partial charge in [-0.3, -0.25) is 29.4 Å². The van der Waals surface area contributed by atoms with Gasteiger partial charge in [0.1, 0.15) is 23.9 Å². The van der Waals surface area contributed by atoms with Crippen LogP contribution in [-0.2, 0) is 23.9 Å². The number of benzene rings is 2. The molecule has 0 saturated heterocycles. The van der Waals surface area contributed by atoms with Gasteiger partial charge in [-0.05, 0) is 49.8 Å².